The van der Waals surface area contributed by atoms with Crippen LogP contribution in [0.4, 0.5) is 10.6 Å². The Morgan fingerprint density at radius 1 is 1.11 bits per heavy atom. The molecule has 36 heavy (non-hydrogen) atoms. The van der Waals surface area contributed by atoms with Crippen molar-refractivity contribution in [2.24, 2.45) is 5.73 Å². The number of benzene rings is 2. The lowest BCUT2D eigenvalue weighted by atomic mass is 9.86. The number of ether oxygens (including phenoxy) is 1. The summed E-state index contributed by atoms with van der Waals surface area (Å²) in [4.78, 5) is 44.8. The molecule has 4 rings (SSSR count). The minimum Gasteiger partial charge on any atom is -0.447 e. The number of nitrogens with two attached hydrogens (primary N) is 1. The molecule has 0 radical (unpaired) electrons. The van der Waals surface area contributed by atoms with Gasteiger partial charge in [0.2, 0.25) is 12.3 Å². The van der Waals surface area contributed by atoms with Gasteiger partial charge < -0.3 is 20.3 Å². The summed E-state index contributed by atoms with van der Waals surface area (Å²) in [5.41, 5.74) is 6.23. The van der Waals surface area contributed by atoms with E-state index in [4.69, 9.17) is 22.1 Å². The number of carbonyl (C=O) groups is 3. The van der Waals surface area contributed by atoms with Crippen LogP contribution in [0.5, 0.6) is 0 Å². The molecule has 188 valence electrons. The summed E-state index contributed by atoms with van der Waals surface area (Å²) in [7, 11) is 0. The van der Waals surface area contributed by atoms with Crippen LogP contribution in [0.3, 0.4) is 0 Å². The average Bonchev–Trinajstić information content (AvgIpc) is 2.91. The number of hydrogen-bond donors (Lipinski definition) is 2. The Bertz CT molecular complexity index is 1250. The number of hydrogen-bond acceptors (Lipinski definition) is 6. The zero-order chi connectivity index (χ0) is 25.5. The second-order valence-electron chi connectivity index (χ2n) is 8.72. The van der Waals surface area contributed by atoms with E-state index in [-0.39, 0.29) is 25.6 Å². The summed E-state index contributed by atoms with van der Waals surface area (Å²) in [6.07, 6.45) is 0.907. The van der Waals surface area contributed by atoms with Crippen molar-refractivity contribution in [2.75, 3.05) is 31.6 Å². The summed E-state index contributed by atoms with van der Waals surface area (Å²) in [5.74, 6) is 0.202. The highest BCUT2D eigenvalue weighted by Gasteiger charge is 2.42. The summed E-state index contributed by atoms with van der Waals surface area (Å²) >= 11 is 6.34. The Morgan fingerprint density at radius 2 is 1.83 bits per heavy atom. The molecule has 2 heterocycles. The second kappa shape index (κ2) is 11.4. The summed E-state index contributed by atoms with van der Waals surface area (Å²) in [5, 5.41) is 4.15. The van der Waals surface area contributed by atoms with Gasteiger partial charge in [0.15, 0.2) is 0 Å². The first kappa shape index (κ1) is 25.4. The highest BCUT2D eigenvalue weighted by Crippen LogP contribution is 2.31. The van der Waals surface area contributed by atoms with E-state index in [2.05, 4.69) is 10.3 Å². The van der Waals surface area contributed by atoms with E-state index in [1.165, 1.54) is 0 Å². The fourth-order valence-electron chi connectivity index (χ4n) is 4.42. The van der Waals surface area contributed by atoms with E-state index < -0.39 is 11.6 Å². The van der Waals surface area contributed by atoms with Gasteiger partial charge in [0.05, 0.1) is 17.6 Å². The first-order valence-corrected chi connectivity index (χ1v) is 12.0. The Hall–Kier alpha value is -3.69. The van der Waals surface area contributed by atoms with Crippen LogP contribution in [0.1, 0.15) is 18.4 Å². The van der Waals surface area contributed by atoms with Gasteiger partial charge in [-0.15, -0.1) is 0 Å². The number of pyridine rings is 1. The van der Waals surface area contributed by atoms with Crippen molar-refractivity contribution >= 4 is 46.7 Å². The first-order valence-electron chi connectivity index (χ1n) is 11.7. The van der Waals surface area contributed by atoms with Gasteiger partial charge in [-0.05, 0) is 42.7 Å². The van der Waals surface area contributed by atoms with E-state index in [0.717, 1.165) is 22.9 Å². The minimum absolute atomic E-state index is 0.0553. The number of nitrogens with one attached hydrogen (secondary N) is 1. The highest BCUT2D eigenvalue weighted by molar-refractivity contribution is 6.31. The van der Waals surface area contributed by atoms with Gasteiger partial charge in [-0.2, -0.15) is 0 Å². The number of likely N-dealkylation sites (tertiary alicyclic amines) is 1. The molecule has 1 aliphatic heterocycles. The molecular formula is C26H28ClN5O4. The molecule has 3 aromatic rings. The topological polar surface area (TPSA) is 118 Å². The average molecular weight is 510 g/mol. The van der Waals surface area contributed by atoms with Crippen LogP contribution in [0, 0.1) is 0 Å². The summed E-state index contributed by atoms with van der Waals surface area (Å²) in [6, 6.07) is 18.4. The van der Waals surface area contributed by atoms with Crippen LogP contribution in [-0.2, 0) is 20.9 Å². The van der Waals surface area contributed by atoms with Crippen molar-refractivity contribution in [3.63, 3.8) is 0 Å². The molecular weight excluding hydrogens is 482 g/mol. The first-order chi connectivity index (χ1) is 17.4. The molecule has 10 heteroatoms. The maximum Gasteiger partial charge on any atom is 0.412 e. The maximum absolute atomic E-state index is 12.7. The molecule has 1 aromatic heterocycles. The van der Waals surface area contributed by atoms with E-state index in [1.54, 1.807) is 21.9 Å². The van der Waals surface area contributed by atoms with Gasteiger partial charge in [-0.25, -0.2) is 9.78 Å². The van der Waals surface area contributed by atoms with Crippen LogP contribution in [0.2, 0.25) is 5.02 Å². The van der Waals surface area contributed by atoms with Crippen LogP contribution >= 0.6 is 11.6 Å². The fraction of sp³-hybridized carbons (Fsp3) is 0.308. The maximum atomic E-state index is 12.7. The Labute approximate surface area is 214 Å². The molecule has 9 nitrogen and oxygen atoms in total. The number of para-hydroxylation sites is 1. The lowest BCUT2D eigenvalue weighted by Gasteiger charge is -2.46. The van der Waals surface area contributed by atoms with Crippen molar-refractivity contribution in [1.29, 1.82) is 0 Å². The van der Waals surface area contributed by atoms with Crippen LogP contribution in [-0.4, -0.2) is 65.0 Å². The number of aromatic nitrogens is 1. The molecule has 1 aliphatic rings. The number of piperidine rings is 1. The molecule has 0 spiro atoms. The summed E-state index contributed by atoms with van der Waals surface area (Å²) in [6.45, 7) is 0.882. The predicted molar refractivity (Wildman–Crippen MR) is 137 cm³/mol. The monoisotopic (exact) mass is 509 g/mol. The molecule has 1 saturated heterocycles. The van der Waals surface area contributed by atoms with Gasteiger partial charge >= 0.3 is 6.09 Å². The van der Waals surface area contributed by atoms with Crippen molar-refractivity contribution in [1.82, 2.24) is 14.8 Å². The summed E-state index contributed by atoms with van der Waals surface area (Å²) < 4.78 is 5.62. The van der Waals surface area contributed by atoms with E-state index in [1.807, 2.05) is 48.5 Å². The molecule has 3 amide bonds. The third kappa shape index (κ3) is 5.75. The van der Waals surface area contributed by atoms with Gasteiger partial charge in [0.25, 0.3) is 0 Å². The standard InChI is InChI=1S/C26H28ClN5O4/c27-21-7-3-1-6-20(21)16-32(18-33)26(11-13-31(14-12-26)24(34)15-28)17-36-25(35)30-23-10-9-19-5-2-4-8-22(19)29-23/h1-10,18H,11-17,28H2,(H,29,30,35). The largest absolute Gasteiger partial charge is 0.447 e. The number of fused-ring (bicyclic) bond motifs is 1. The Balaban J connectivity index is 1.49. The number of carbonyl (C=O) groups excluding carboxylic acids is 3. The molecule has 0 aliphatic carbocycles. The normalized spacial score (nSPS) is 14.8. The number of amides is 3. The molecule has 0 atom stereocenters. The highest BCUT2D eigenvalue weighted by atomic mass is 35.5. The van der Waals surface area contributed by atoms with Crippen LogP contribution in [0.15, 0.2) is 60.7 Å². The molecule has 3 N–H and O–H groups in total. The quantitative estimate of drug-likeness (QED) is 0.449. The minimum atomic E-state index is -0.819. The number of nitrogens with zero attached hydrogens (tertiary/aromatic N) is 3. The lowest BCUT2D eigenvalue weighted by molar-refractivity contribution is -0.137. The molecule has 0 saturated carbocycles. The fourth-order valence-corrected chi connectivity index (χ4v) is 4.61. The smallest absolute Gasteiger partial charge is 0.412 e. The molecule has 1 fully saturated rings. The Kier molecular flexibility index (Phi) is 8.02. The van der Waals surface area contributed by atoms with E-state index in [0.29, 0.717) is 36.8 Å². The van der Waals surface area contributed by atoms with E-state index in [9.17, 15) is 14.4 Å². The van der Waals surface area contributed by atoms with Crippen LogP contribution in [0.25, 0.3) is 10.9 Å². The zero-order valence-electron chi connectivity index (χ0n) is 19.7. The predicted octanol–water partition coefficient (Wildman–Crippen LogP) is 3.42. The van der Waals surface area contributed by atoms with Gasteiger partial charge in [0, 0.05) is 30.0 Å². The van der Waals surface area contributed by atoms with Gasteiger partial charge in [0.1, 0.15) is 12.4 Å². The number of anilines is 1. The third-order valence-electron chi connectivity index (χ3n) is 6.56. The van der Waals surface area contributed by atoms with Crippen molar-refractivity contribution in [2.45, 2.75) is 24.9 Å². The number of rotatable bonds is 8. The SMILES string of the molecule is NCC(=O)N1CCC(COC(=O)Nc2ccc3ccccc3n2)(N(C=O)Cc2ccccc2Cl)CC1. The van der Waals surface area contributed by atoms with E-state index >= 15 is 0 Å². The number of halogens is 1. The third-order valence-corrected chi connectivity index (χ3v) is 6.93. The van der Waals surface area contributed by atoms with Gasteiger partial charge in [-0.3, -0.25) is 14.9 Å². The van der Waals surface area contributed by atoms with Crippen molar-refractivity contribution in [3.8, 4) is 0 Å². The van der Waals surface area contributed by atoms with Gasteiger partial charge in [-0.1, -0.05) is 48.0 Å². The molecule has 0 bridgehead atoms. The molecule has 0 unspecified atom stereocenters. The zero-order valence-corrected chi connectivity index (χ0v) is 20.5. The van der Waals surface area contributed by atoms with Crippen molar-refractivity contribution < 1.29 is 19.1 Å². The van der Waals surface area contributed by atoms with Crippen LogP contribution < -0.4 is 11.1 Å². The second-order valence-corrected chi connectivity index (χ2v) is 9.13. The molecule has 2 aromatic carbocycles. The lowest BCUT2D eigenvalue weighted by Crippen LogP contribution is -2.59. The van der Waals surface area contributed by atoms with Crippen molar-refractivity contribution in [3.05, 3.63) is 71.2 Å². The Morgan fingerprint density at radius 3 is 2.56 bits per heavy atom.